The Morgan fingerprint density at radius 2 is 0.934 bits per heavy atom. The summed E-state index contributed by atoms with van der Waals surface area (Å²) in [6, 6.07) is 17.0. The van der Waals surface area contributed by atoms with E-state index in [1.165, 1.54) is 12.1 Å². The van der Waals surface area contributed by atoms with E-state index in [-0.39, 0.29) is 79.9 Å². The molecule has 0 unspecified atom stereocenters. The lowest BCUT2D eigenvalue weighted by Crippen LogP contribution is -2.50. The number of anilines is 2. The van der Waals surface area contributed by atoms with Gasteiger partial charge < -0.3 is 42.1 Å². The Kier molecular flexibility index (Phi) is 16.1. The van der Waals surface area contributed by atoms with Crippen LogP contribution in [0.2, 0.25) is 20.1 Å². The van der Waals surface area contributed by atoms with E-state index in [0.717, 1.165) is 0 Å². The third-order valence-corrected chi connectivity index (χ3v) is 17.6. The van der Waals surface area contributed by atoms with Gasteiger partial charge in [-0.3, -0.25) is 19.2 Å². The van der Waals surface area contributed by atoms with Crippen LogP contribution in [-0.2, 0) is 30.0 Å². The van der Waals surface area contributed by atoms with Crippen LogP contribution in [0.15, 0.2) is 72.8 Å². The first-order valence-corrected chi connectivity index (χ1v) is 27.9. The highest BCUT2D eigenvalue weighted by Crippen LogP contribution is 2.59. The lowest BCUT2D eigenvalue weighted by molar-refractivity contribution is -0.126. The second-order valence-electron chi connectivity index (χ2n) is 24.2. The summed E-state index contributed by atoms with van der Waals surface area (Å²) in [4.78, 5) is 56.2. The smallest absolute Gasteiger partial charge is 0.238 e. The zero-order valence-corrected chi connectivity index (χ0v) is 46.6. The fourth-order valence-corrected chi connectivity index (χ4v) is 14.0. The molecule has 4 heterocycles. The second kappa shape index (κ2) is 21.7. The van der Waals surface area contributed by atoms with Gasteiger partial charge in [-0.25, -0.2) is 8.78 Å². The summed E-state index contributed by atoms with van der Waals surface area (Å²) in [6.07, 6.45) is 5.50. The highest BCUT2D eigenvalue weighted by molar-refractivity contribution is 6.32. The van der Waals surface area contributed by atoms with Crippen LogP contribution >= 0.6 is 46.4 Å². The molecule has 2 spiro atoms. The number of amides is 4. The average molecular weight is 1130 g/mol. The number of rotatable bonds is 8. The summed E-state index contributed by atoms with van der Waals surface area (Å²) >= 11 is 25.1. The van der Waals surface area contributed by atoms with Crippen molar-refractivity contribution in [3.05, 3.63) is 127 Å². The van der Waals surface area contributed by atoms with E-state index in [1.54, 1.807) is 48.5 Å². The topological polar surface area (TPSA) is 181 Å². The maximum absolute atomic E-state index is 15.8. The summed E-state index contributed by atoms with van der Waals surface area (Å²) in [7, 11) is 0. The molecule has 0 bridgehead atoms. The molecule has 2 aliphatic carbocycles. The van der Waals surface area contributed by atoms with Crippen LogP contribution in [0.5, 0.6) is 0 Å². The Labute approximate surface area is 463 Å². The SMILES string of the molecule is CC(C)(C)C[C@H]1N[C@@H](C(=O)NC2CCC(O)CC2)[C@H](c2cccc(Cl)c2F)[C@]12C(=O)Nc1cc(Cl)ccc12.CC(C)(C)C[C@H]1N[C@@H](C(=O)NC2CCC(O)CC2)[C@H](c2cccc(Cl)c2F)[C@]12C(=O)Nc1cc(Cl)ccc12. The summed E-state index contributed by atoms with van der Waals surface area (Å²) in [6.45, 7) is 12.5. The quantitative estimate of drug-likeness (QED) is 0.0858. The molecule has 4 fully saturated rings. The zero-order valence-electron chi connectivity index (χ0n) is 43.6. The van der Waals surface area contributed by atoms with Crippen molar-refractivity contribution in [3.8, 4) is 0 Å². The summed E-state index contributed by atoms with van der Waals surface area (Å²) in [5, 5.41) is 39.9. The molecule has 4 aromatic carbocycles. The van der Waals surface area contributed by atoms with E-state index in [2.05, 4.69) is 73.4 Å². The van der Waals surface area contributed by atoms with Gasteiger partial charge in [0, 0.05) is 57.4 Å². The maximum atomic E-state index is 15.8. The minimum atomic E-state index is -1.27. The van der Waals surface area contributed by atoms with Crippen molar-refractivity contribution in [2.45, 2.75) is 177 Å². The Balaban J connectivity index is 0.000000186. The van der Waals surface area contributed by atoms with Crippen molar-refractivity contribution in [1.29, 1.82) is 0 Å². The molecule has 4 aliphatic heterocycles. The van der Waals surface area contributed by atoms with E-state index < -0.39 is 58.5 Å². The van der Waals surface area contributed by atoms with E-state index in [9.17, 15) is 29.4 Å². The number of hydrogen-bond donors (Lipinski definition) is 8. The van der Waals surface area contributed by atoms with Crippen molar-refractivity contribution in [2.75, 3.05) is 10.6 Å². The van der Waals surface area contributed by atoms with Gasteiger partial charge in [0.1, 0.15) is 22.5 Å². The first-order chi connectivity index (χ1) is 35.8. The van der Waals surface area contributed by atoms with Crippen LogP contribution < -0.4 is 31.9 Å². The van der Waals surface area contributed by atoms with Crippen LogP contribution in [-0.4, -0.2) is 82.3 Å². The van der Waals surface area contributed by atoms with E-state index in [0.29, 0.717) is 96.8 Å². The molecule has 0 aromatic heterocycles. The number of carbonyl (C=O) groups excluding carboxylic acids is 4. The Morgan fingerprint density at radius 1 is 0.579 bits per heavy atom. The minimum absolute atomic E-state index is 0.0629. The molecule has 2 saturated carbocycles. The predicted octanol–water partition coefficient (Wildman–Crippen LogP) is 10.6. The fourth-order valence-electron chi connectivity index (χ4n) is 13.3. The zero-order chi connectivity index (χ0) is 54.8. The Bertz CT molecular complexity index is 2710. The predicted molar refractivity (Wildman–Crippen MR) is 294 cm³/mol. The molecule has 0 radical (unpaired) electrons. The molecule has 4 aromatic rings. The Morgan fingerprint density at radius 3 is 1.28 bits per heavy atom. The van der Waals surface area contributed by atoms with Crippen LogP contribution in [0.25, 0.3) is 0 Å². The van der Waals surface area contributed by atoms with Gasteiger partial charge >= 0.3 is 0 Å². The lowest BCUT2D eigenvalue weighted by Gasteiger charge is -2.38. The molecule has 18 heteroatoms. The van der Waals surface area contributed by atoms with Gasteiger partial charge in [-0.2, -0.15) is 0 Å². The number of halogens is 6. The molecule has 12 nitrogen and oxygen atoms in total. The van der Waals surface area contributed by atoms with Gasteiger partial charge in [0.15, 0.2) is 0 Å². The summed E-state index contributed by atoms with van der Waals surface area (Å²) in [5.74, 6) is -4.18. The molecule has 2 saturated heterocycles. The van der Waals surface area contributed by atoms with Gasteiger partial charge in [0.25, 0.3) is 0 Å². The highest BCUT2D eigenvalue weighted by Gasteiger charge is 2.68. The number of hydrogen-bond acceptors (Lipinski definition) is 8. The van der Waals surface area contributed by atoms with Crippen LogP contribution in [0.1, 0.15) is 140 Å². The lowest BCUT2D eigenvalue weighted by atomic mass is 9.62. The molecular formula is C58H68Cl4F2N6O6. The fraction of sp³-hybridized carbons (Fsp3) is 0.517. The number of aliphatic hydroxyl groups is 2. The molecule has 408 valence electrons. The molecule has 8 N–H and O–H groups in total. The molecule has 6 aliphatic rings. The third-order valence-electron chi connectivity index (χ3n) is 16.5. The van der Waals surface area contributed by atoms with Gasteiger partial charge in [0.2, 0.25) is 23.6 Å². The average Bonchev–Trinajstić information content (AvgIpc) is 4.10. The number of nitrogens with one attached hydrogen (secondary N) is 6. The number of benzene rings is 4. The Hall–Kier alpha value is -4.38. The second-order valence-corrected chi connectivity index (χ2v) is 25.9. The molecular weight excluding hydrogens is 1060 g/mol. The van der Waals surface area contributed by atoms with Crippen molar-refractivity contribution in [2.24, 2.45) is 10.8 Å². The standard InChI is InChI=1S/2C29H34Cl2FN3O3/c2*1-28(2,3)14-22-29(19-12-7-15(30)13-21(19)34-27(29)38)23(18-5-4-6-20(31)24(18)32)25(35-22)26(37)33-16-8-10-17(36)11-9-16/h2*4-7,12-13,16-17,22-23,25,35-36H,8-11,14H2,1-3H3,(H,33,37)(H,34,38)/t2*16?,17?,22-,23+,25-,29-/m11/s1. The van der Waals surface area contributed by atoms with Gasteiger partial charge in [-0.15, -0.1) is 0 Å². The van der Waals surface area contributed by atoms with Gasteiger partial charge in [-0.05, 0) is 134 Å². The van der Waals surface area contributed by atoms with Gasteiger partial charge in [0.05, 0.1) is 34.3 Å². The van der Waals surface area contributed by atoms with Crippen LogP contribution in [0.3, 0.4) is 0 Å². The van der Waals surface area contributed by atoms with E-state index >= 15 is 8.78 Å². The van der Waals surface area contributed by atoms with Crippen molar-refractivity contribution < 1.29 is 38.2 Å². The number of aliphatic hydroxyl groups excluding tert-OH is 2. The summed E-state index contributed by atoms with van der Waals surface area (Å²) in [5.41, 5.74) is -0.00555. The number of fused-ring (bicyclic) bond motifs is 4. The minimum Gasteiger partial charge on any atom is -0.393 e. The molecule has 8 atom stereocenters. The van der Waals surface area contributed by atoms with Crippen molar-refractivity contribution >= 4 is 81.4 Å². The van der Waals surface area contributed by atoms with Crippen LogP contribution in [0.4, 0.5) is 20.2 Å². The molecule has 10 rings (SSSR count). The molecule has 76 heavy (non-hydrogen) atoms. The molecule has 4 amide bonds. The normalized spacial score (nSPS) is 30.8. The first-order valence-electron chi connectivity index (χ1n) is 26.4. The maximum Gasteiger partial charge on any atom is 0.238 e. The van der Waals surface area contributed by atoms with Crippen molar-refractivity contribution in [3.63, 3.8) is 0 Å². The van der Waals surface area contributed by atoms with Gasteiger partial charge in [-0.1, -0.05) is 124 Å². The largest absolute Gasteiger partial charge is 0.393 e. The van der Waals surface area contributed by atoms with Crippen molar-refractivity contribution in [1.82, 2.24) is 21.3 Å². The van der Waals surface area contributed by atoms with E-state index in [4.69, 9.17) is 46.4 Å². The third kappa shape index (κ3) is 10.6. The summed E-state index contributed by atoms with van der Waals surface area (Å²) < 4.78 is 31.6. The monoisotopic (exact) mass is 1120 g/mol. The number of carbonyl (C=O) groups is 4. The highest BCUT2D eigenvalue weighted by atomic mass is 35.5. The first kappa shape index (κ1) is 56.3. The van der Waals surface area contributed by atoms with E-state index in [1.807, 2.05) is 12.1 Å². The van der Waals surface area contributed by atoms with Crippen LogP contribution in [0, 0.1) is 22.5 Å².